The molecule has 0 heterocycles. The van der Waals surface area contributed by atoms with E-state index in [9.17, 15) is 25.0 Å². The molecule has 0 saturated heterocycles. The van der Waals surface area contributed by atoms with Crippen LogP contribution in [0.15, 0.2) is 49.0 Å². The Morgan fingerprint density at radius 2 is 1.56 bits per heavy atom. The number of hydrogen-bond acceptors (Lipinski definition) is 6. The Balaban J connectivity index is 2.15. The van der Waals surface area contributed by atoms with Gasteiger partial charge in [0.05, 0.1) is 15.9 Å². The zero-order chi connectivity index (χ0) is 18.6. The standard InChI is InChI=1S/C16H14N4O5/c1-10(16(17)21)12-2-4-13(5-3-12)18-9-11-6-14(19(22)23)8-15(7-11)20(24)25/h2-8,18H,1,9H2,(H2,17,21). The van der Waals surface area contributed by atoms with Crippen LogP contribution >= 0.6 is 0 Å². The van der Waals surface area contributed by atoms with Gasteiger partial charge in [-0.15, -0.1) is 0 Å². The van der Waals surface area contributed by atoms with Crippen LogP contribution in [0, 0.1) is 20.2 Å². The van der Waals surface area contributed by atoms with E-state index in [1.807, 2.05) is 0 Å². The number of carbonyl (C=O) groups is 1. The van der Waals surface area contributed by atoms with Crippen LogP contribution in [0.5, 0.6) is 0 Å². The number of amides is 1. The smallest absolute Gasteiger partial charge is 0.276 e. The van der Waals surface area contributed by atoms with Gasteiger partial charge in [-0.3, -0.25) is 25.0 Å². The van der Waals surface area contributed by atoms with Crippen molar-refractivity contribution in [1.29, 1.82) is 0 Å². The van der Waals surface area contributed by atoms with Gasteiger partial charge in [0.1, 0.15) is 0 Å². The Morgan fingerprint density at radius 1 is 1.04 bits per heavy atom. The van der Waals surface area contributed by atoms with Crippen LogP contribution < -0.4 is 11.1 Å². The first-order valence-electron chi connectivity index (χ1n) is 7.03. The third kappa shape index (κ3) is 4.38. The van der Waals surface area contributed by atoms with Crippen molar-refractivity contribution >= 4 is 28.5 Å². The lowest BCUT2D eigenvalue weighted by Crippen LogP contribution is -2.11. The molecule has 0 aliphatic carbocycles. The highest BCUT2D eigenvalue weighted by molar-refractivity contribution is 6.17. The van der Waals surface area contributed by atoms with Crippen molar-refractivity contribution in [2.45, 2.75) is 6.54 Å². The predicted molar refractivity (Wildman–Crippen MR) is 91.7 cm³/mol. The van der Waals surface area contributed by atoms with Gasteiger partial charge >= 0.3 is 0 Å². The van der Waals surface area contributed by atoms with Crippen molar-refractivity contribution in [3.05, 3.63) is 80.4 Å². The van der Waals surface area contributed by atoms with Gasteiger partial charge in [0.15, 0.2) is 0 Å². The normalized spacial score (nSPS) is 10.1. The zero-order valence-corrected chi connectivity index (χ0v) is 13.0. The Morgan fingerprint density at radius 3 is 2.00 bits per heavy atom. The molecule has 0 aromatic heterocycles. The highest BCUT2D eigenvalue weighted by atomic mass is 16.6. The molecule has 0 radical (unpaired) electrons. The van der Waals surface area contributed by atoms with E-state index in [0.29, 0.717) is 16.8 Å². The summed E-state index contributed by atoms with van der Waals surface area (Å²) < 4.78 is 0. The molecule has 3 N–H and O–H groups in total. The molecule has 0 spiro atoms. The molecule has 1 amide bonds. The molecule has 128 valence electrons. The molecule has 0 atom stereocenters. The number of rotatable bonds is 7. The van der Waals surface area contributed by atoms with Crippen LogP contribution in [0.1, 0.15) is 11.1 Å². The Hall–Kier alpha value is -3.75. The molecule has 0 bridgehead atoms. The van der Waals surface area contributed by atoms with Crippen LogP contribution in [-0.2, 0) is 11.3 Å². The second-order valence-corrected chi connectivity index (χ2v) is 5.15. The predicted octanol–water partition coefficient (Wildman–Crippen LogP) is 2.61. The lowest BCUT2D eigenvalue weighted by atomic mass is 10.1. The fourth-order valence-electron chi connectivity index (χ4n) is 2.10. The fourth-order valence-corrected chi connectivity index (χ4v) is 2.10. The monoisotopic (exact) mass is 342 g/mol. The van der Waals surface area contributed by atoms with Gasteiger partial charge in [-0.05, 0) is 23.3 Å². The zero-order valence-electron chi connectivity index (χ0n) is 13.0. The minimum atomic E-state index is -0.680. The van der Waals surface area contributed by atoms with Gasteiger partial charge in [-0.2, -0.15) is 0 Å². The summed E-state index contributed by atoms with van der Waals surface area (Å²) in [6.07, 6.45) is 0. The van der Waals surface area contributed by atoms with E-state index in [0.717, 1.165) is 6.07 Å². The van der Waals surface area contributed by atoms with Crippen LogP contribution in [0.3, 0.4) is 0 Å². The van der Waals surface area contributed by atoms with E-state index in [-0.39, 0.29) is 23.5 Å². The molecule has 2 aromatic rings. The van der Waals surface area contributed by atoms with E-state index in [2.05, 4.69) is 11.9 Å². The quantitative estimate of drug-likeness (QED) is 0.450. The lowest BCUT2D eigenvalue weighted by molar-refractivity contribution is -0.394. The molecule has 0 aliphatic heterocycles. The highest BCUT2D eigenvalue weighted by Gasteiger charge is 2.16. The molecule has 2 rings (SSSR count). The Kier molecular flexibility index (Phi) is 5.08. The fraction of sp³-hybridized carbons (Fsp3) is 0.0625. The molecular formula is C16H14N4O5. The van der Waals surface area contributed by atoms with Gasteiger partial charge in [0.2, 0.25) is 5.91 Å². The second kappa shape index (κ2) is 7.21. The molecule has 9 heteroatoms. The number of nitro benzene ring substituents is 2. The average molecular weight is 342 g/mol. The number of anilines is 1. The van der Waals surface area contributed by atoms with Crippen molar-refractivity contribution in [3.63, 3.8) is 0 Å². The van der Waals surface area contributed by atoms with Gasteiger partial charge < -0.3 is 11.1 Å². The summed E-state index contributed by atoms with van der Waals surface area (Å²) in [5, 5.41) is 24.7. The van der Waals surface area contributed by atoms with Crippen molar-refractivity contribution in [1.82, 2.24) is 0 Å². The van der Waals surface area contributed by atoms with E-state index in [1.54, 1.807) is 24.3 Å². The number of primary amides is 1. The Labute approximate surface area is 142 Å². The number of nitrogens with zero attached hydrogens (tertiary/aromatic N) is 2. The van der Waals surface area contributed by atoms with Gasteiger partial charge in [-0.25, -0.2) is 0 Å². The summed E-state index contributed by atoms with van der Waals surface area (Å²) in [5.41, 5.74) is 6.27. The molecule has 25 heavy (non-hydrogen) atoms. The number of non-ortho nitro benzene ring substituents is 2. The third-order valence-corrected chi connectivity index (χ3v) is 3.41. The maximum absolute atomic E-state index is 11.1. The maximum atomic E-state index is 11.1. The molecular weight excluding hydrogens is 328 g/mol. The second-order valence-electron chi connectivity index (χ2n) is 5.15. The molecule has 0 unspecified atom stereocenters. The third-order valence-electron chi connectivity index (χ3n) is 3.41. The van der Waals surface area contributed by atoms with Crippen molar-refractivity contribution < 1.29 is 14.6 Å². The van der Waals surface area contributed by atoms with E-state index < -0.39 is 15.8 Å². The van der Waals surface area contributed by atoms with E-state index in [1.165, 1.54) is 12.1 Å². The van der Waals surface area contributed by atoms with Crippen molar-refractivity contribution in [2.75, 3.05) is 5.32 Å². The number of hydrogen-bond donors (Lipinski definition) is 2. The minimum absolute atomic E-state index is 0.151. The summed E-state index contributed by atoms with van der Waals surface area (Å²) in [5.74, 6) is -0.621. The lowest BCUT2D eigenvalue weighted by Gasteiger charge is -2.08. The van der Waals surface area contributed by atoms with E-state index >= 15 is 0 Å². The van der Waals surface area contributed by atoms with Crippen LogP contribution in [-0.4, -0.2) is 15.8 Å². The first-order chi connectivity index (χ1) is 11.8. The number of benzene rings is 2. The number of nitro groups is 2. The highest BCUT2D eigenvalue weighted by Crippen LogP contribution is 2.23. The van der Waals surface area contributed by atoms with Gasteiger partial charge in [-0.1, -0.05) is 18.7 Å². The van der Waals surface area contributed by atoms with Gasteiger partial charge in [0.25, 0.3) is 11.4 Å². The molecule has 2 aromatic carbocycles. The Bertz CT molecular complexity index is 829. The minimum Gasteiger partial charge on any atom is -0.381 e. The largest absolute Gasteiger partial charge is 0.381 e. The molecule has 0 saturated carbocycles. The van der Waals surface area contributed by atoms with Crippen LogP contribution in [0.25, 0.3) is 5.57 Å². The molecule has 9 nitrogen and oxygen atoms in total. The summed E-state index contributed by atoms with van der Waals surface area (Å²) >= 11 is 0. The maximum Gasteiger partial charge on any atom is 0.276 e. The van der Waals surface area contributed by atoms with Crippen molar-refractivity contribution in [2.24, 2.45) is 5.73 Å². The number of nitrogens with two attached hydrogens (primary N) is 1. The summed E-state index contributed by atoms with van der Waals surface area (Å²) in [7, 11) is 0. The number of carbonyl (C=O) groups excluding carboxylic acids is 1. The van der Waals surface area contributed by atoms with Crippen LogP contribution in [0.4, 0.5) is 17.1 Å². The number of nitrogens with one attached hydrogen (secondary N) is 1. The van der Waals surface area contributed by atoms with Crippen LogP contribution in [0.2, 0.25) is 0 Å². The summed E-state index contributed by atoms with van der Waals surface area (Å²) in [6, 6.07) is 10.1. The SMILES string of the molecule is C=C(C(N)=O)c1ccc(NCc2cc([N+](=O)[O-])cc([N+](=O)[O-])c2)cc1. The summed E-state index contributed by atoms with van der Waals surface area (Å²) in [4.78, 5) is 31.5. The first kappa shape index (κ1) is 17.6. The van der Waals surface area contributed by atoms with E-state index in [4.69, 9.17) is 5.73 Å². The van der Waals surface area contributed by atoms with Gasteiger partial charge in [0, 0.05) is 29.9 Å². The topological polar surface area (TPSA) is 141 Å². The summed E-state index contributed by atoms with van der Waals surface area (Å²) in [6.45, 7) is 3.73. The average Bonchev–Trinajstić information content (AvgIpc) is 2.59. The first-order valence-corrected chi connectivity index (χ1v) is 7.03. The molecule has 0 aliphatic rings. The van der Waals surface area contributed by atoms with Crippen molar-refractivity contribution in [3.8, 4) is 0 Å². The molecule has 0 fully saturated rings.